The van der Waals surface area contributed by atoms with Crippen molar-refractivity contribution in [2.24, 2.45) is 16.3 Å². The molecular formula is C18H26N4O2S. The van der Waals surface area contributed by atoms with E-state index < -0.39 is 0 Å². The van der Waals surface area contributed by atoms with E-state index in [1.807, 2.05) is 6.92 Å². The zero-order valence-corrected chi connectivity index (χ0v) is 15.9. The SMILES string of the molecule is Cc1c(C(=O)NC2CCCC2)oc2c1/C(=N\NC(N)=S)CC(C)(C)C2. The number of nitrogens with two attached hydrogens (primary N) is 1. The van der Waals surface area contributed by atoms with Crippen LogP contribution in [0.25, 0.3) is 0 Å². The fourth-order valence-corrected chi connectivity index (χ4v) is 3.92. The summed E-state index contributed by atoms with van der Waals surface area (Å²) in [7, 11) is 0. The number of carbonyl (C=O) groups is 1. The molecule has 2 aliphatic carbocycles. The lowest BCUT2D eigenvalue weighted by atomic mass is 9.75. The Morgan fingerprint density at radius 3 is 2.64 bits per heavy atom. The molecule has 0 atom stereocenters. The van der Waals surface area contributed by atoms with Gasteiger partial charge < -0.3 is 15.5 Å². The van der Waals surface area contributed by atoms with E-state index in [1.165, 1.54) is 12.8 Å². The van der Waals surface area contributed by atoms with Gasteiger partial charge in [0.25, 0.3) is 5.91 Å². The largest absolute Gasteiger partial charge is 0.455 e. The average molecular weight is 362 g/mol. The van der Waals surface area contributed by atoms with Crippen molar-refractivity contribution < 1.29 is 9.21 Å². The monoisotopic (exact) mass is 362 g/mol. The van der Waals surface area contributed by atoms with Crippen LogP contribution in [0.2, 0.25) is 0 Å². The van der Waals surface area contributed by atoms with E-state index in [2.05, 4.69) is 29.7 Å². The van der Waals surface area contributed by atoms with Crippen LogP contribution in [0.1, 0.15) is 73.4 Å². The van der Waals surface area contributed by atoms with Crippen LogP contribution in [0.15, 0.2) is 9.52 Å². The summed E-state index contributed by atoms with van der Waals surface area (Å²) in [6.07, 6.45) is 5.97. The Kier molecular flexibility index (Phi) is 4.86. The standard InChI is InChI=1S/C18H26N4O2S/c1-10-14-12(21-22-17(19)25)8-18(2,3)9-13(14)24-15(10)16(23)20-11-6-4-5-7-11/h11H,4-9H2,1-3H3,(H,20,23)(H3,19,22,25)/b21-12-. The molecular weight excluding hydrogens is 336 g/mol. The molecule has 0 saturated heterocycles. The third-order valence-electron chi connectivity index (χ3n) is 4.99. The maximum atomic E-state index is 12.7. The molecule has 1 fully saturated rings. The average Bonchev–Trinajstić information content (AvgIpc) is 3.11. The quantitative estimate of drug-likeness (QED) is 0.568. The van der Waals surface area contributed by atoms with Crippen molar-refractivity contribution in [3.05, 3.63) is 22.6 Å². The third kappa shape index (κ3) is 3.86. The van der Waals surface area contributed by atoms with Gasteiger partial charge in [0.15, 0.2) is 10.9 Å². The maximum absolute atomic E-state index is 12.7. The van der Waals surface area contributed by atoms with Gasteiger partial charge in [0.2, 0.25) is 0 Å². The van der Waals surface area contributed by atoms with Crippen LogP contribution < -0.4 is 16.5 Å². The summed E-state index contributed by atoms with van der Waals surface area (Å²) in [6, 6.07) is 0.259. The summed E-state index contributed by atoms with van der Waals surface area (Å²) in [5, 5.41) is 7.59. The number of amides is 1. The molecule has 0 aliphatic heterocycles. The fraction of sp³-hybridized carbons (Fsp3) is 0.611. The Morgan fingerprint density at radius 1 is 1.32 bits per heavy atom. The van der Waals surface area contributed by atoms with Crippen molar-refractivity contribution in [1.29, 1.82) is 0 Å². The van der Waals surface area contributed by atoms with Crippen molar-refractivity contribution in [2.45, 2.75) is 65.3 Å². The molecule has 7 heteroatoms. The van der Waals surface area contributed by atoms with Gasteiger partial charge in [0, 0.05) is 23.6 Å². The number of nitrogens with one attached hydrogen (secondary N) is 2. The number of carbonyl (C=O) groups excluding carboxylic acids is 1. The number of fused-ring (bicyclic) bond motifs is 1. The number of hydrogen-bond acceptors (Lipinski definition) is 4. The van der Waals surface area contributed by atoms with E-state index in [4.69, 9.17) is 22.4 Å². The Morgan fingerprint density at radius 2 is 2.00 bits per heavy atom. The molecule has 25 heavy (non-hydrogen) atoms. The molecule has 4 N–H and O–H groups in total. The number of furan rings is 1. The van der Waals surface area contributed by atoms with Crippen LogP contribution >= 0.6 is 12.2 Å². The molecule has 3 rings (SSSR count). The zero-order valence-electron chi connectivity index (χ0n) is 15.1. The number of hydrogen-bond donors (Lipinski definition) is 3. The second kappa shape index (κ2) is 6.78. The molecule has 136 valence electrons. The van der Waals surface area contributed by atoms with Crippen LogP contribution in [0.5, 0.6) is 0 Å². The summed E-state index contributed by atoms with van der Waals surface area (Å²) in [5.41, 5.74) is 10.8. The smallest absolute Gasteiger partial charge is 0.287 e. The molecule has 0 spiro atoms. The van der Waals surface area contributed by atoms with Gasteiger partial charge in [-0.05, 0) is 43.8 Å². The van der Waals surface area contributed by atoms with Crippen LogP contribution in [0.4, 0.5) is 0 Å². The molecule has 1 amide bonds. The summed E-state index contributed by atoms with van der Waals surface area (Å²) >= 11 is 4.85. The van der Waals surface area contributed by atoms with Gasteiger partial charge in [-0.2, -0.15) is 5.10 Å². The third-order valence-corrected chi connectivity index (χ3v) is 5.08. The first-order chi connectivity index (χ1) is 11.8. The molecule has 1 saturated carbocycles. The van der Waals surface area contributed by atoms with E-state index in [9.17, 15) is 4.79 Å². The minimum atomic E-state index is -0.127. The van der Waals surface area contributed by atoms with Crippen LogP contribution in [0, 0.1) is 12.3 Å². The van der Waals surface area contributed by atoms with Gasteiger partial charge in [-0.3, -0.25) is 10.2 Å². The van der Waals surface area contributed by atoms with Gasteiger partial charge >= 0.3 is 0 Å². The van der Waals surface area contributed by atoms with Crippen LogP contribution in [0.3, 0.4) is 0 Å². The van der Waals surface area contributed by atoms with Crippen molar-refractivity contribution in [2.75, 3.05) is 0 Å². The molecule has 1 aromatic heterocycles. The highest BCUT2D eigenvalue weighted by Gasteiger charge is 2.36. The summed E-state index contributed by atoms with van der Waals surface area (Å²) in [4.78, 5) is 12.7. The van der Waals surface area contributed by atoms with Crippen molar-refractivity contribution in [3.63, 3.8) is 0 Å². The first-order valence-electron chi connectivity index (χ1n) is 8.82. The maximum Gasteiger partial charge on any atom is 0.287 e. The Hall–Kier alpha value is -1.89. The summed E-state index contributed by atoms with van der Waals surface area (Å²) in [6.45, 7) is 6.23. The molecule has 2 aliphatic rings. The van der Waals surface area contributed by atoms with Gasteiger partial charge in [-0.15, -0.1) is 0 Å². The Balaban J connectivity index is 1.92. The zero-order chi connectivity index (χ0) is 18.2. The van der Waals surface area contributed by atoms with Crippen LogP contribution in [-0.4, -0.2) is 22.8 Å². The van der Waals surface area contributed by atoms with Crippen molar-refractivity contribution >= 4 is 28.9 Å². The number of hydrazone groups is 1. The summed E-state index contributed by atoms with van der Waals surface area (Å²) in [5.74, 6) is 1.09. The molecule has 0 aromatic carbocycles. The van der Waals surface area contributed by atoms with Crippen molar-refractivity contribution in [1.82, 2.24) is 10.7 Å². The van der Waals surface area contributed by atoms with E-state index >= 15 is 0 Å². The topological polar surface area (TPSA) is 92.6 Å². The molecule has 0 radical (unpaired) electrons. The van der Waals surface area contributed by atoms with E-state index in [1.54, 1.807) is 0 Å². The molecule has 1 aromatic rings. The first kappa shape index (κ1) is 17.9. The fourth-order valence-electron chi connectivity index (χ4n) is 3.87. The second-order valence-electron chi connectivity index (χ2n) is 7.86. The highest BCUT2D eigenvalue weighted by molar-refractivity contribution is 7.80. The van der Waals surface area contributed by atoms with Gasteiger partial charge in [0.05, 0.1) is 5.71 Å². The lowest BCUT2D eigenvalue weighted by Crippen LogP contribution is -2.32. The van der Waals surface area contributed by atoms with Gasteiger partial charge in [0.1, 0.15) is 5.76 Å². The minimum absolute atomic E-state index is 0.00672. The van der Waals surface area contributed by atoms with Gasteiger partial charge in [-0.25, -0.2) is 0 Å². The lowest BCUT2D eigenvalue weighted by molar-refractivity contribution is 0.0906. The highest BCUT2D eigenvalue weighted by atomic mass is 32.1. The van der Waals surface area contributed by atoms with Crippen molar-refractivity contribution in [3.8, 4) is 0 Å². The molecule has 6 nitrogen and oxygen atoms in total. The normalized spacial score (nSPS) is 21.2. The van der Waals surface area contributed by atoms with E-state index in [0.29, 0.717) is 5.76 Å². The number of thiocarbonyl (C=S) groups is 1. The molecule has 0 bridgehead atoms. The Labute approximate surface area is 153 Å². The second-order valence-corrected chi connectivity index (χ2v) is 8.30. The predicted molar refractivity (Wildman–Crippen MR) is 102 cm³/mol. The van der Waals surface area contributed by atoms with Gasteiger partial charge in [-0.1, -0.05) is 26.7 Å². The number of nitrogens with zero attached hydrogens (tertiary/aromatic N) is 1. The predicted octanol–water partition coefficient (Wildman–Crippen LogP) is 2.77. The van der Waals surface area contributed by atoms with E-state index in [0.717, 1.165) is 48.3 Å². The molecule has 1 heterocycles. The Bertz CT molecular complexity index is 730. The van der Waals surface area contributed by atoms with Crippen LogP contribution in [-0.2, 0) is 6.42 Å². The first-order valence-corrected chi connectivity index (χ1v) is 9.23. The van der Waals surface area contributed by atoms with E-state index in [-0.39, 0.29) is 22.5 Å². The highest BCUT2D eigenvalue weighted by Crippen LogP contribution is 2.38. The summed E-state index contributed by atoms with van der Waals surface area (Å²) < 4.78 is 6.00. The number of rotatable bonds is 3. The minimum Gasteiger partial charge on any atom is -0.455 e. The molecule has 0 unspecified atom stereocenters. The lowest BCUT2D eigenvalue weighted by Gasteiger charge is -2.29.